The van der Waals surface area contributed by atoms with Gasteiger partial charge in [0.1, 0.15) is 5.60 Å². The molecule has 17 heavy (non-hydrogen) atoms. The number of amides is 1. The first-order valence-corrected chi connectivity index (χ1v) is 6.53. The average molecular weight is 240 g/mol. The van der Waals surface area contributed by atoms with Gasteiger partial charge in [0.2, 0.25) is 0 Å². The van der Waals surface area contributed by atoms with Gasteiger partial charge in [0.25, 0.3) is 0 Å². The Balaban J connectivity index is 1.88. The summed E-state index contributed by atoms with van der Waals surface area (Å²) in [5, 5.41) is 6.41. The fourth-order valence-electron chi connectivity index (χ4n) is 2.67. The van der Waals surface area contributed by atoms with Crippen molar-refractivity contribution in [2.45, 2.75) is 52.2 Å². The van der Waals surface area contributed by atoms with Gasteiger partial charge in [-0.2, -0.15) is 0 Å². The molecule has 1 aliphatic carbocycles. The highest BCUT2D eigenvalue weighted by Crippen LogP contribution is 2.53. The summed E-state index contributed by atoms with van der Waals surface area (Å²) >= 11 is 0. The van der Waals surface area contributed by atoms with E-state index in [1.807, 2.05) is 20.8 Å². The summed E-state index contributed by atoms with van der Waals surface area (Å²) in [4.78, 5) is 11.7. The van der Waals surface area contributed by atoms with E-state index < -0.39 is 5.60 Å². The number of hydrogen-bond acceptors (Lipinski definition) is 3. The van der Waals surface area contributed by atoms with Gasteiger partial charge in [-0.05, 0) is 44.9 Å². The highest BCUT2D eigenvalue weighted by molar-refractivity contribution is 5.68. The molecule has 1 heterocycles. The minimum absolute atomic E-state index is 0.195. The zero-order valence-corrected chi connectivity index (χ0v) is 11.3. The molecule has 0 aromatic heterocycles. The number of nitrogens with one attached hydrogen (secondary N) is 2. The summed E-state index contributed by atoms with van der Waals surface area (Å²) < 4.78 is 5.30. The number of rotatable bonds is 1. The predicted octanol–water partition coefficient (Wildman–Crippen LogP) is 1.90. The molecule has 1 aliphatic heterocycles. The third-order valence-corrected chi connectivity index (χ3v) is 4.01. The van der Waals surface area contributed by atoms with Crippen LogP contribution >= 0.6 is 0 Å². The zero-order chi connectivity index (χ0) is 12.7. The van der Waals surface area contributed by atoms with E-state index in [0.29, 0.717) is 11.3 Å². The number of hydrogen-bond donors (Lipinski definition) is 2. The number of carbonyl (C=O) groups is 1. The Kier molecular flexibility index (Phi) is 3.10. The lowest BCUT2D eigenvalue weighted by molar-refractivity contribution is 0.0453. The van der Waals surface area contributed by atoms with Crippen LogP contribution in [0.5, 0.6) is 0 Å². The quantitative estimate of drug-likeness (QED) is 0.736. The van der Waals surface area contributed by atoms with Crippen LogP contribution in [0.3, 0.4) is 0 Å². The second-order valence-electron chi connectivity index (χ2n) is 6.53. The minimum Gasteiger partial charge on any atom is -0.444 e. The Morgan fingerprint density at radius 2 is 2.06 bits per heavy atom. The standard InChI is InChI=1S/C13H24N2O2/c1-9-10(7-14-8-13(9)5-6-13)15-11(16)17-12(2,3)4/h9-10,14H,5-8H2,1-4H3,(H,15,16)/t9-,10+/m0/s1. The summed E-state index contributed by atoms with van der Waals surface area (Å²) in [6.45, 7) is 9.85. The lowest BCUT2D eigenvalue weighted by Gasteiger charge is -2.37. The third-order valence-electron chi connectivity index (χ3n) is 4.01. The van der Waals surface area contributed by atoms with E-state index in [0.717, 1.165) is 13.1 Å². The summed E-state index contributed by atoms with van der Waals surface area (Å²) in [5.74, 6) is 0.538. The molecule has 98 valence electrons. The Bertz CT molecular complexity index is 305. The van der Waals surface area contributed by atoms with E-state index in [9.17, 15) is 4.79 Å². The maximum absolute atomic E-state index is 11.7. The number of ether oxygens (including phenoxy) is 1. The molecule has 0 aromatic rings. The van der Waals surface area contributed by atoms with Gasteiger partial charge in [0, 0.05) is 19.1 Å². The summed E-state index contributed by atoms with van der Waals surface area (Å²) in [7, 11) is 0. The van der Waals surface area contributed by atoms with Crippen molar-refractivity contribution < 1.29 is 9.53 Å². The van der Waals surface area contributed by atoms with Gasteiger partial charge in [-0.3, -0.25) is 0 Å². The van der Waals surface area contributed by atoms with E-state index >= 15 is 0 Å². The van der Waals surface area contributed by atoms with Crippen LogP contribution in [0.4, 0.5) is 4.79 Å². The minimum atomic E-state index is -0.424. The molecule has 1 saturated heterocycles. The maximum atomic E-state index is 11.7. The predicted molar refractivity (Wildman–Crippen MR) is 66.9 cm³/mol. The number of piperidine rings is 1. The van der Waals surface area contributed by atoms with Crippen molar-refractivity contribution in [1.29, 1.82) is 0 Å². The van der Waals surface area contributed by atoms with Crippen LogP contribution in [0, 0.1) is 11.3 Å². The lowest BCUT2D eigenvalue weighted by Crippen LogP contribution is -2.55. The summed E-state index contributed by atoms with van der Waals surface area (Å²) in [6, 6.07) is 0.195. The van der Waals surface area contributed by atoms with Crippen LogP contribution in [0.15, 0.2) is 0 Å². The molecule has 4 heteroatoms. The van der Waals surface area contributed by atoms with E-state index in [4.69, 9.17) is 4.74 Å². The highest BCUT2D eigenvalue weighted by atomic mass is 16.6. The van der Waals surface area contributed by atoms with Gasteiger partial charge in [0.15, 0.2) is 0 Å². The van der Waals surface area contributed by atoms with Crippen LogP contribution < -0.4 is 10.6 Å². The van der Waals surface area contributed by atoms with Crippen molar-refractivity contribution in [2.75, 3.05) is 13.1 Å². The fraction of sp³-hybridized carbons (Fsp3) is 0.923. The molecule has 1 spiro atoms. The smallest absolute Gasteiger partial charge is 0.407 e. The SMILES string of the molecule is C[C@H]1[C@H](NC(=O)OC(C)(C)C)CNCC12CC2. The molecule has 1 amide bonds. The van der Waals surface area contributed by atoms with E-state index in [-0.39, 0.29) is 12.1 Å². The Morgan fingerprint density at radius 3 is 2.59 bits per heavy atom. The first-order valence-electron chi connectivity index (χ1n) is 6.53. The van der Waals surface area contributed by atoms with Gasteiger partial charge in [-0.15, -0.1) is 0 Å². The molecule has 0 unspecified atom stereocenters. The molecule has 2 N–H and O–H groups in total. The van der Waals surface area contributed by atoms with Crippen molar-refractivity contribution >= 4 is 6.09 Å². The number of alkyl carbamates (subject to hydrolysis) is 1. The second kappa shape index (κ2) is 4.16. The van der Waals surface area contributed by atoms with Crippen molar-refractivity contribution in [3.8, 4) is 0 Å². The van der Waals surface area contributed by atoms with E-state index in [2.05, 4.69) is 17.6 Å². The molecular weight excluding hydrogens is 216 g/mol. The van der Waals surface area contributed by atoms with E-state index in [1.54, 1.807) is 0 Å². The highest BCUT2D eigenvalue weighted by Gasteiger charge is 2.51. The van der Waals surface area contributed by atoms with Gasteiger partial charge in [-0.25, -0.2) is 4.79 Å². The van der Waals surface area contributed by atoms with E-state index in [1.165, 1.54) is 12.8 Å². The topological polar surface area (TPSA) is 50.4 Å². The van der Waals surface area contributed by atoms with Crippen LogP contribution in [-0.4, -0.2) is 30.8 Å². The lowest BCUT2D eigenvalue weighted by atomic mass is 9.81. The van der Waals surface area contributed by atoms with Crippen molar-refractivity contribution in [3.05, 3.63) is 0 Å². The molecule has 2 fully saturated rings. The van der Waals surface area contributed by atoms with Gasteiger partial charge < -0.3 is 15.4 Å². The van der Waals surface area contributed by atoms with Gasteiger partial charge in [-0.1, -0.05) is 6.92 Å². The summed E-state index contributed by atoms with van der Waals surface area (Å²) in [6.07, 6.45) is 2.27. The van der Waals surface area contributed by atoms with Crippen molar-refractivity contribution in [3.63, 3.8) is 0 Å². The van der Waals surface area contributed by atoms with Crippen LogP contribution in [0.2, 0.25) is 0 Å². The molecule has 2 atom stereocenters. The average Bonchev–Trinajstić information content (AvgIpc) is 2.91. The molecule has 0 bridgehead atoms. The normalized spacial score (nSPS) is 31.1. The third kappa shape index (κ3) is 2.92. The first-order chi connectivity index (χ1) is 7.82. The Hall–Kier alpha value is -0.770. The zero-order valence-electron chi connectivity index (χ0n) is 11.3. The number of carbonyl (C=O) groups excluding carboxylic acids is 1. The molecular formula is C13H24N2O2. The second-order valence-corrected chi connectivity index (χ2v) is 6.53. The monoisotopic (exact) mass is 240 g/mol. The van der Waals surface area contributed by atoms with Crippen LogP contribution in [-0.2, 0) is 4.74 Å². The summed E-state index contributed by atoms with van der Waals surface area (Å²) in [5.41, 5.74) is 0.0185. The van der Waals surface area contributed by atoms with Gasteiger partial charge in [0.05, 0.1) is 0 Å². The first kappa shape index (κ1) is 12.7. The maximum Gasteiger partial charge on any atom is 0.407 e. The van der Waals surface area contributed by atoms with Crippen molar-refractivity contribution in [2.24, 2.45) is 11.3 Å². The van der Waals surface area contributed by atoms with Crippen LogP contribution in [0.25, 0.3) is 0 Å². The van der Waals surface area contributed by atoms with Crippen LogP contribution in [0.1, 0.15) is 40.5 Å². The molecule has 0 aromatic carbocycles. The molecule has 0 radical (unpaired) electrons. The molecule has 4 nitrogen and oxygen atoms in total. The fourth-order valence-corrected chi connectivity index (χ4v) is 2.67. The molecule has 2 rings (SSSR count). The van der Waals surface area contributed by atoms with Gasteiger partial charge >= 0.3 is 6.09 Å². The molecule has 2 aliphatic rings. The van der Waals surface area contributed by atoms with Crippen molar-refractivity contribution in [1.82, 2.24) is 10.6 Å². The molecule has 1 saturated carbocycles. The largest absolute Gasteiger partial charge is 0.444 e. The Labute approximate surface area is 103 Å². The Morgan fingerprint density at radius 1 is 1.41 bits per heavy atom.